The van der Waals surface area contributed by atoms with Gasteiger partial charge in [-0.25, -0.2) is 0 Å². The molecule has 0 aliphatic rings. The van der Waals surface area contributed by atoms with Gasteiger partial charge in [0, 0.05) is 17.3 Å². The smallest absolute Gasteiger partial charge is 0.188 e. The van der Waals surface area contributed by atoms with Crippen molar-refractivity contribution >= 4 is 22.5 Å². The number of nitrogens with zero attached hydrogens (tertiary/aromatic N) is 3. The van der Waals surface area contributed by atoms with Crippen LogP contribution in [-0.4, -0.2) is 33.0 Å². The maximum absolute atomic E-state index is 5.39. The minimum absolute atomic E-state index is 0.724. The molecule has 5 rings (SSSR count). The molecule has 0 fully saturated rings. The summed E-state index contributed by atoms with van der Waals surface area (Å²) in [4.78, 5) is 7.68. The quantitative estimate of drug-likeness (QED) is 0.308. The lowest BCUT2D eigenvalue weighted by atomic mass is 9.95. The first-order valence-corrected chi connectivity index (χ1v) is 11.4. The van der Waals surface area contributed by atoms with Crippen molar-refractivity contribution in [2.75, 3.05) is 12.9 Å². The Balaban J connectivity index is 1.67. The van der Waals surface area contributed by atoms with Crippen molar-refractivity contribution in [2.24, 2.45) is 0 Å². The molecule has 158 valence electrons. The Labute approximate surface area is 190 Å². The summed E-state index contributed by atoms with van der Waals surface area (Å²) in [6.07, 6.45) is 3.56. The summed E-state index contributed by atoms with van der Waals surface area (Å²) in [5.41, 5.74) is 5.25. The van der Waals surface area contributed by atoms with Crippen LogP contribution >= 0.6 is 11.8 Å². The van der Waals surface area contributed by atoms with E-state index in [0.29, 0.717) is 0 Å². The average molecular weight is 439 g/mol. The Morgan fingerprint density at radius 1 is 0.781 bits per heavy atom. The highest BCUT2D eigenvalue weighted by Gasteiger charge is 2.12. The fraction of sp³-hybridized carbons (Fsp3) is 0.115. The lowest BCUT2D eigenvalue weighted by molar-refractivity contribution is 0.413. The molecular formula is C26H22N4OS. The van der Waals surface area contributed by atoms with Gasteiger partial charge in [-0.3, -0.25) is 4.98 Å². The van der Waals surface area contributed by atoms with Crippen molar-refractivity contribution < 1.29 is 4.74 Å². The van der Waals surface area contributed by atoms with Crippen molar-refractivity contribution in [3.63, 3.8) is 0 Å². The fourth-order valence-electron chi connectivity index (χ4n) is 3.73. The zero-order chi connectivity index (χ0) is 21.9. The van der Waals surface area contributed by atoms with Gasteiger partial charge in [-0.15, -0.1) is 10.2 Å². The van der Waals surface area contributed by atoms with Crippen LogP contribution in [0.2, 0.25) is 0 Å². The van der Waals surface area contributed by atoms with Gasteiger partial charge in [-0.2, -0.15) is 0 Å². The van der Waals surface area contributed by atoms with Crippen LogP contribution in [0.4, 0.5) is 0 Å². The summed E-state index contributed by atoms with van der Waals surface area (Å²) in [6.45, 7) is 2.10. The molecule has 3 aromatic carbocycles. The van der Waals surface area contributed by atoms with Crippen molar-refractivity contribution in [3.8, 4) is 39.4 Å². The first-order chi connectivity index (χ1) is 15.7. The molecule has 5 nitrogen and oxygen atoms in total. The summed E-state index contributed by atoms with van der Waals surface area (Å²) < 4.78 is 5.39. The van der Waals surface area contributed by atoms with Crippen LogP contribution in [-0.2, 0) is 0 Å². The van der Waals surface area contributed by atoms with Gasteiger partial charge in [0.25, 0.3) is 0 Å². The van der Waals surface area contributed by atoms with Crippen LogP contribution in [0, 0.1) is 0 Å². The summed E-state index contributed by atoms with van der Waals surface area (Å²) in [5.74, 6) is 2.41. The van der Waals surface area contributed by atoms with E-state index >= 15 is 0 Å². The molecular weight excluding hydrogens is 416 g/mol. The number of nitrogens with one attached hydrogen (secondary N) is 1. The van der Waals surface area contributed by atoms with Crippen molar-refractivity contribution in [2.45, 2.75) is 12.1 Å². The number of rotatable bonds is 6. The minimum atomic E-state index is 0.724. The monoisotopic (exact) mass is 438 g/mol. The van der Waals surface area contributed by atoms with Gasteiger partial charge in [0.2, 0.25) is 0 Å². The standard InChI is InChI=1S/C26H22N4OS/c1-3-32-26-28-25(29-30-26)22-12-20(19-9-8-17-6-4-5-7-18(17)10-19)11-21(13-22)23-14-24(31-2)16-27-15-23/h4-16H,3H2,1-2H3,(H,28,29,30). The molecule has 0 saturated heterocycles. The van der Waals surface area contributed by atoms with Gasteiger partial charge >= 0.3 is 0 Å². The van der Waals surface area contributed by atoms with Gasteiger partial charge in [0.15, 0.2) is 11.0 Å². The number of hydrogen-bond acceptors (Lipinski definition) is 5. The lowest BCUT2D eigenvalue weighted by Gasteiger charge is -2.11. The molecule has 32 heavy (non-hydrogen) atoms. The van der Waals surface area contributed by atoms with Gasteiger partial charge in [-0.05, 0) is 63.5 Å². The molecule has 0 saturated carbocycles. The van der Waals surface area contributed by atoms with Crippen LogP contribution in [0.1, 0.15) is 6.92 Å². The fourth-order valence-corrected chi connectivity index (χ4v) is 4.27. The zero-order valence-corrected chi connectivity index (χ0v) is 18.7. The number of thioether (sulfide) groups is 1. The third-order valence-electron chi connectivity index (χ3n) is 5.32. The highest BCUT2D eigenvalue weighted by Crippen LogP contribution is 2.34. The van der Waals surface area contributed by atoms with Crippen molar-refractivity contribution in [1.29, 1.82) is 0 Å². The number of methoxy groups -OCH3 is 1. The Bertz CT molecular complexity index is 1400. The second-order valence-electron chi connectivity index (χ2n) is 7.39. The number of H-pyrrole nitrogens is 1. The molecule has 0 bridgehead atoms. The maximum atomic E-state index is 5.39. The third-order valence-corrected chi connectivity index (χ3v) is 6.06. The van der Waals surface area contributed by atoms with Crippen molar-refractivity contribution in [3.05, 3.63) is 79.1 Å². The van der Waals surface area contributed by atoms with Crippen LogP contribution in [0.3, 0.4) is 0 Å². The Kier molecular flexibility index (Phi) is 5.60. The van der Waals surface area contributed by atoms with Gasteiger partial charge < -0.3 is 9.72 Å². The number of pyridine rings is 1. The van der Waals surface area contributed by atoms with Gasteiger partial charge in [0.05, 0.1) is 13.3 Å². The van der Waals surface area contributed by atoms with E-state index in [1.807, 2.05) is 12.3 Å². The first-order valence-electron chi connectivity index (χ1n) is 10.4. The van der Waals surface area contributed by atoms with Crippen LogP contribution in [0.25, 0.3) is 44.4 Å². The molecule has 0 aliphatic carbocycles. The molecule has 5 aromatic rings. The predicted octanol–water partition coefficient (Wildman–Crippen LogP) is 6.47. The lowest BCUT2D eigenvalue weighted by Crippen LogP contribution is -1.90. The summed E-state index contributed by atoms with van der Waals surface area (Å²) >= 11 is 1.64. The molecule has 0 atom stereocenters. The minimum Gasteiger partial charge on any atom is -0.495 e. The molecule has 0 aliphatic heterocycles. The second kappa shape index (κ2) is 8.85. The highest BCUT2D eigenvalue weighted by atomic mass is 32.2. The third kappa shape index (κ3) is 4.09. The topological polar surface area (TPSA) is 63.7 Å². The Hall–Kier alpha value is -3.64. The SMILES string of the molecule is CCSc1nnc(-c2cc(-c3cncc(OC)c3)cc(-c3ccc4ccccc4c3)c2)[nH]1. The van der Waals surface area contributed by atoms with Gasteiger partial charge in [-0.1, -0.05) is 55.1 Å². The van der Waals surface area contributed by atoms with E-state index < -0.39 is 0 Å². The number of benzene rings is 3. The molecule has 1 N–H and O–H groups in total. The molecule has 0 amide bonds. The molecule has 0 unspecified atom stereocenters. The van der Waals surface area contributed by atoms with E-state index in [2.05, 4.69) is 87.8 Å². The molecule has 2 heterocycles. The van der Waals surface area contributed by atoms with E-state index in [0.717, 1.165) is 50.3 Å². The van der Waals surface area contributed by atoms with E-state index in [-0.39, 0.29) is 0 Å². The van der Waals surface area contributed by atoms with E-state index in [4.69, 9.17) is 4.74 Å². The molecule has 0 radical (unpaired) electrons. The molecule has 6 heteroatoms. The van der Waals surface area contributed by atoms with Crippen LogP contribution in [0.5, 0.6) is 5.75 Å². The number of aromatic amines is 1. The van der Waals surface area contributed by atoms with E-state index in [9.17, 15) is 0 Å². The number of ether oxygens (including phenoxy) is 1. The van der Waals surface area contributed by atoms with E-state index in [1.54, 1.807) is 25.1 Å². The van der Waals surface area contributed by atoms with E-state index in [1.165, 1.54) is 10.8 Å². The van der Waals surface area contributed by atoms with Crippen molar-refractivity contribution in [1.82, 2.24) is 20.2 Å². The molecule has 0 spiro atoms. The Morgan fingerprint density at radius 2 is 1.56 bits per heavy atom. The maximum Gasteiger partial charge on any atom is 0.188 e. The predicted molar refractivity (Wildman–Crippen MR) is 131 cm³/mol. The zero-order valence-electron chi connectivity index (χ0n) is 17.9. The highest BCUT2D eigenvalue weighted by molar-refractivity contribution is 7.99. The van der Waals surface area contributed by atoms with Crippen LogP contribution < -0.4 is 4.74 Å². The molecule has 2 aromatic heterocycles. The normalized spacial score (nSPS) is 11.1. The first kappa shape index (κ1) is 20.3. The number of hydrogen-bond donors (Lipinski definition) is 1. The second-order valence-corrected chi connectivity index (χ2v) is 8.64. The van der Waals surface area contributed by atoms with Gasteiger partial charge in [0.1, 0.15) is 5.75 Å². The summed E-state index contributed by atoms with van der Waals surface area (Å²) in [5, 5.41) is 11.9. The average Bonchev–Trinajstić information content (AvgIpc) is 3.32. The van der Waals surface area contributed by atoms with Crippen LogP contribution in [0.15, 0.2) is 84.3 Å². The number of fused-ring (bicyclic) bond motifs is 1. The number of aromatic nitrogens is 4. The largest absolute Gasteiger partial charge is 0.495 e. The summed E-state index contributed by atoms with van der Waals surface area (Å²) in [6, 6.07) is 23.4. The summed E-state index contributed by atoms with van der Waals surface area (Å²) in [7, 11) is 1.65. The Morgan fingerprint density at radius 3 is 2.38 bits per heavy atom.